The summed E-state index contributed by atoms with van der Waals surface area (Å²) in [5.41, 5.74) is 12.9. The molecule has 0 aliphatic carbocycles. The van der Waals surface area contributed by atoms with Gasteiger partial charge in [-0.2, -0.15) is 0 Å². The van der Waals surface area contributed by atoms with E-state index in [1.165, 1.54) is 49.4 Å². The fourth-order valence-electron chi connectivity index (χ4n) is 8.52. The van der Waals surface area contributed by atoms with Gasteiger partial charge in [-0.05, 0) is 84.8 Å². The molecular weight excluding hydrogens is 657 g/mol. The van der Waals surface area contributed by atoms with Gasteiger partial charge in [0.1, 0.15) is 22.5 Å². The smallest absolute Gasteiger partial charge is 0.143 e. The SMILES string of the molecule is c1ccc(-c2cccc(-c3c4ccccc4c(-c4cccc5oc6cc7c(-c8ccccc8)c(-c8ccccc8)oc7cc6c45)c4ccccc34)c2)cc1. The molecule has 11 rings (SSSR count). The predicted octanol–water partition coefficient (Wildman–Crippen LogP) is 15.0. The van der Waals surface area contributed by atoms with Crippen LogP contribution in [0.15, 0.2) is 203 Å². The van der Waals surface area contributed by atoms with Crippen LogP contribution < -0.4 is 0 Å². The van der Waals surface area contributed by atoms with Crippen LogP contribution in [0, 0.1) is 0 Å². The third-order valence-electron chi connectivity index (χ3n) is 10.9. The van der Waals surface area contributed by atoms with Gasteiger partial charge < -0.3 is 8.83 Å². The Morgan fingerprint density at radius 1 is 0.259 bits per heavy atom. The van der Waals surface area contributed by atoms with E-state index in [2.05, 4.69) is 188 Å². The first-order valence-corrected chi connectivity index (χ1v) is 18.4. The fraction of sp³-hybridized carbons (Fsp3) is 0. The Hall–Kier alpha value is -7.16. The number of benzene rings is 9. The van der Waals surface area contributed by atoms with Crippen molar-refractivity contribution >= 4 is 54.5 Å². The van der Waals surface area contributed by atoms with E-state index in [4.69, 9.17) is 8.83 Å². The summed E-state index contributed by atoms with van der Waals surface area (Å²) in [5.74, 6) is 0.859. The topological polar surface area (TPSA) is 26.3 Å². The molecule has 252 valence electrons. The molecule has 2 heteroatoms. The summed E-state index contributed by atoms with van der Waals surface area (Å²) in [6.07, 6.45) is 0. The molecule has 0 atom stereocenters. The lowest BCUT2D eigenvalue weighted by Crippen LogP contribution is -1.91. The van der Waals surface area contributed by atoms with Gasteiger partial charge in [-0.25, -0.2) is 0 Å². The largest absolute Gasteiger partial charge is 0.456 e. The van der Waals surface area contributed by atoms with Crippen LogP contribution in [0.2, 0.25) is 0 Å². The van der Waals surface area contributed by atoms with Crippen molar-refractivity contribution in [1.82, 2.24) is 0 Å². The highest BCUT2D eigenvalue weighted by atomic mass is 16.3. The second-order valence-corrected chi connectivity index (χ2v) is 14.0. The molecule has 0 bridgehead atoms. The molecule has 0 spiro atoms. The molecule has 0 saturated carbocycles. The number of hydrogen-bond donors (Lipinski definition) is 0. The van der Waals surface area contributed by atoms with E-state index < -0.39 is 0 Å². The molecule has 2 aromatic heterocycles. The molecule has 0 radical (unpaired) electrons. The summed E-state index contributed by atoms with van der Waals surface area (Å²) in [6, 6.07) is 69.0. The van der Waals surface area contributed by atoms with Crippen LogP contribution in [0.25, 0.3) is 110 Å². The number of rotatable bonds is 5. The van der Waals surface area contributed by atoms with E-state index in [0.29, 0.717) is 0 Å². The van der Waals surface area contributed by atoms with E-state index in [0.717, 1.165) is 60.9 Å². The summed E-state index contributed by atoms with van der Waals surface area (Å²) in [4.78, 5) is 0. The average molecular weight is 689 g/mol. The van der Waals surface area contributed by atoms with E-state index in [-0.39, 0.29) is 0 Å². The highest BCUT2D eigenvalue weighted by Crippen LogP contribution is 2.49. The Balaban J connectivity index is 1.19. The first-order chi connectivity index (χ1) is 26.8. The quantitative estimate of drug-likeness (QED) is 0.168. The molecule has 54 heavy (non-hydrogen) atoms. The highest BCUT2D eigenvalue weighted by molar-refractivity contribution is 6.26. The van der Waals surface area contributed by atoms with E-state index >= 15 is 0 Å². The van der Waals surface area contributed by atoms with Crippen molar-refractivity contribution in [2.45, 2.75) is 0 Å². The van der Waals surface area contributed by atoms with Gasteiger partial charge in [0, 0.05) is 27.3 Å². The molecule has 9 aromatic carbocycles. The van der Waals surface area contributed by atoms with Gasteiger partial charge in [-0.3, -0.25) is 0 Å². The second kappa shape index (κ2) is 12.2. The summed E-state index contributed by atoms with van der Waals surface area (Å²) in [6.45, 7) is 0. The monoisotopic (exact) mass is 688 g/mol. The lowest BCUT2D eigenvalue weighted by atomic mass is 9.84. The normalized spacial score (nSPS) is 11.7. The molecule has 0 aliphatic rings. The van der Waals surface area contributed by atoms with Gasteiger partial charge in [0.05, 0.1) is 0 Å². The van der Waals surface area contributed by atoms with E-state index in [1.54, 1.807) is 0 Å². The molecule has 2 heterocycles. The maximum Gasteiger partial charge on any atom is 0.143 e. The minimum Gasteiger partial charge on any atom is -0.456 e. The van der Waals surface area contributed by atoms with Crippen LogP contribution in [-0.2, 0) is 0 Å². The molecule has 0 saturated heterocycles. The molecule has 0 N–H and O–H groups in total. The number of fused-ring (bicyclic) bond motifs is 6. The maximum absolute atomic E-state index is 6.82. The Kier molecular flexibility index (Phi) is 6.90. The van der Waals surface area contributed by atoms with Crippen molar-refractivity contribution in [3.63, 3.8) is 0 Å². The van der Waals surface area contributed by atoms with Crippen molar-refractivity contribution in [2.24, 2.45) is 0 Å². The van der Waals surface area contributed by atoms with Crippen molar-refractivity contribution in [3.05, 3.63) is 194 Å². The zero-order valence-corrected chi connectivity index (χ0v) is 29.3. The summed E-state index contributed by atoms with van der Waals surface area (Å²) >= 11 is 0. The summed E-state index contributed by atoms with van der Waals surface area (Å²) in [5, 5.41) is 8.00. The first kappa shape index (κ1) is 30.5. The van der Waals surface area contributed by atoms with Crippen molar-refractivity contribution in [1.29, 1.82) is 0 Å². The van der Waals surface area contributed by atoms with E-state index in [1.807, 2.05) is 6.07 Å². The third-order valence-corrected chi connectivity index (χ3v) is 10.9. The van der Waals surface area contributed by atoms with Crippen molar-refractivity contribution < 1.29 is 8.83 Å². The van der Waals surface area contributed by atoms with E-state index in [9.17, 15) is 0 Å². The molecule has 0 unspecified atom stereocenters. The zero-order valence-electron chi connectivity index (χ0n) is 29.3. The molecule has 11 aromatic rings. The van der Waals surface area contributed by atoms with Crippen LogP contribution in [0.1, 0.15) is 0 Å². The average Bonchev–Trinajstić information content (AvgIpc) is 3.80. The lowest BCUT2D eigenvalue weighted by molar-refractivity contribution is 0.632. The standard InChI is InChI=1S/C52H32O2/c1-4-16-33(17-5-1)36-22-14-23-37(30-36)48-38-24-10-12-26-40(38)50(41-27-13-11-25-39(41)48)42-28-15-29-45-51(42)44-32-47-43(31-46(44)53-45)49(34-18-6-2-7-19-34)52(54-47)35-20-8-3-9-21-35/h1-32H. The van der Waals surface area contributed by atoms with Gasteiger partial charge in [0.15, 0.2) is 0 Å². The molecule has 2 nitrogen and oxygen atoms in total. The second-order valence-electron chi connectivity index (χ2n) is 14.0. The third kappa shape index (κ3) is 4.74. The summed E-state index contributed by atoms with van der Waals surface area (Å²) < 4.78 is 13.6. The van der Waals surface area contributed by atoms with Gasteiger partial charge in [0.2, 0.25) is 0 Å². The van der Waals surface area contributed by atoms with Gasteiger partial charge in [0.25, 0.3) is 0 Å². The van der Waals surface area contributed by atoms with Crippen LogP contribution in [-0.4, -0.2) is 0 Å². The molecule has 0 fully saturated rings. The Morgan fingerprint density at radius 3 is 1.43 bits per heavy atom. The Morgan fingerprint density at radius 2 is 0.759 bits per heavy atom. The van der Waals surface area contributed by atoms with Crippen LogP contribution >= 0.6 is 0 Å². The van der Waals surface area contributed by atoms with Gasteiger partial charge in [-0.15, -0.1) is 0 Å². The first-order valence-electron chi connectivity index (χ1n) is 18.4. The van der Waals surface area contributed by atoms with Gasteiger partial charge >= 0.3 is 0 Å². The zero-order chi connectivity index (χ0) is 35.6. The fourth-order valence-corrected chi connectivity index (χ4v) is 8.52. The highest BCUT2D eigenvalue weighted by Gasteiger charge is 2.23. The number of furan rings is 2. The molecule has 0 amide bonds. The molecular formula is C52H32O2. The van der Waals surface area contributed by atoms with Gasteiger partial charge in [-0.1, -0.05) is 170 Å². The van der Waals surface area contributed by atoms with Crippen molar-refractivity contribution in [3.8, 4) is 55.8 Å². The predicted molar refractivity (Wildman–Crippen MR) is 226 cm³/mol. The minimum absolute atomic E-state index is 0.834. The summed E-state index contributed by atoms with van der Waals surface area (Å²) in [7, 11) is 0. The van der Waals surface area contributed by atoms with Crippen molar-refractivity contribution in [2.75, 3.05) is 0 Å². The lowest BCUT2D eigenvalue weighted by Gasteiger charge is -2.18. The van der Waals surface area contributed by atoms with Crippen LogP contribution in [0.3, 0.4) is 0 Å². The van der Waals surface area contributed by atoms with Crippen LogP contribution in [0.5, 0.6) is 0 Å². The maximum atomic E-state index is 6.82. The Bertz CT molecular complexity index is 3130. The molecule has 0 aliphatic heterocycles. The minimum atomic E-state index is 0.834. The van der Waals surface area contributed by atoms with Crippen LogP contribution in [0.4, 0.5) is 0 Å². The number of hydrogen-bond acceptors (Lipinski definition) is 2. The Labute approximate surface area is 312 Å².